The fourth-order valence-electron chi connectivity index (χ4n) is 3.60. The molecule has 1 aliphatic heterocycles. The molecule has 31 heavy (non-hydrogen) atoms. The van der Waals surface area contributed by atoms with E-state index < -0.39 is 0 Å². The van der Waals surface area contributed by atoms with Gasteiger partial charge in [-0.2, -0.15) is 0 Å². The SMILES string of the molecule is COc1cc(C(=O)N2CCC(C(=O)Nc3cc(Cl)cc(Cl)c3)CC2)cc(OC)c1OC. The van der Waals surface area contributed by atoms with Crippen LogP contribution in [0, 0.1) is 5.92 Å². The number of carbonyl (C=O) groups excluding carboxylic acids is 2. The molecule has 7 nitrogen and oxygen atoms in total. The maximum absolute atomic E-state index is 13.0. The number of likely N-dealkylation sites (tertiary alicyclic amines) is 1. The number of methoxy groups -OCH3 is 3. The number of ether oxygens (including phenoxy) is 3. The number of amides is 2. The van der Waals surface area contributed by atoms with E-state index in [1.54, 1.807) is 35.2 Å². The van der Waals surface area contributed by atoms with E-state index in [4.69, 9.17) is 37.4 Å². The van der Waals surface area contributed by atoms with Crippen LogP contribution in [0.2, 0.25) is 10.0 Å². The Morgan fingerprint density at radius 2 is 1.45 bits per heavy atom. The lowest BCUT2D eigenvalue weighted by Gasteiger charge is -2.31. The molecule has 0 saturated carbocycles. The first-order chi connectivity index (χ1) is 14.9. The number of carbonyl (C=O) groups is 2. The van der Waals surface area contributed by atoms with Crippen molar-refractivity contribution in [1.29, 1.82) is 0 Å². The van der Waals surface area contributed by atoms with Gasteiger partial charge in [0, 0.05) is 40.3 Å². The zero-order chi connectivity index (χ0) is 22.5. The molecule has 0 bridgehead atoms. The molecule has 3 rings (SSSR count). The van der Waals surface area contributed by atoms with Crippen LogP contribution in [0.1, 0.15) is 23.2 Å². The molecule has 1 saturated heterocycles. The van der Waals surface area contributed by atoms with Crippen LogP contribution in [-0.2, 0) is 4.79 Å². The van der Waals surface area contributed by atoms with Crippen LogP contribution in [-0.4, -0.2) is 51.1 Å². The van der Waals surface area contributed by atoms with Crippen LogP contribution >= 0.6 is 23.2 Å². The standard InChI is InChI=1S/C22H24Cl2N2O5/c1-29-18-8-14(9-19(30-2)20(18)31-3)22(28)26-6-4-13(5-7-26)21(27)25-17-11-15(23)10-16(24)12-17/h8-13H,4-7H2,1-3H3,(H,25,27). The lowest BCUT2D eigenvalue weighted by molar-refractivity contribution is -0.121. The summed E-state index contributed by atoms with van der Waals surface area (Å²) in [6.45, 7) is 0.924. The second kappa shape index (κ2) is 10.1. The maximum Gasteiger partial charge on any atom is 0.254 e. The van der Waals surface area contributed by atoms with Gasteiger partial charge in [0.15, 0.2) is 11.5 Å². The molecule has 0 aliphatic carbocycles. The van der Waals surface area contributed by atoms with Crippen molar-refractivity contribution < 1.29 is 23.8 Å². The maximum atomic E-state index is 13.0. The van der Waals surface area contributed by atoms with Gasteiger partial charge in [-0.05, 0) is 43.2 Å². The predicted octanol–water partition coefficient (Wildman–Crippen LogP) is 4.51. The molecule has 0 radical (unpaired) electrons. The summed E-state index contributed by atoms with van der Waals surface area (Å²) >= 11 is 12.0. The van der Waals surface area contributed by atoms with Crippen molar-refractivity contribution in [2.75, 3.05) is 39.7 Å². The van der Waals surface area contributed by atoms with E-state index in [2.05, 4.69) is 5.32 Å². The fourth-order valence-corrected chi connectivity index (χ4v) is 4.13. The van der Waals surface area contributed by atoms with E-state index >= 15 is 0 Å². The van der Waals surface area contributed by atoms with Crippen LogP contribution in [0.5, 0.6) is 17.2 Å². The van der Waals surface area contributed by atoms with Crippen molar-refractivity contribution in [2.24, 2.45) is 5.92 Å². The van der Waals surface area contributed by atoms with Crippen molar-refractivity contribution in [3.8, 4) is 17.2 Å². The summed E-state index contributed by atoms with van der Waals surface area (Å²) in [7, 11) is 4.51. The minimum atomic E-state index is -0.207. The van der Waals surface area contributed by atoms with E-state index in [0.29, 0.717) is 64.5 Å². The Morgan fingerprint density at radius 1 is 0.903 bits per heavy atom. The van der Waals surface area contributed by atoms with E-state index in [1.165, 1.54) is 21.3 Å². The molecule has 1 N–H and O–H groups in total. The number of piperidine rings is 1. The van der Waals surface area contributed by atoms with E-state index in [1.807, 2.05) is 0 Å². The van der Waals surface area contributed by atoms with Gasteiger partial charge < -0.3 is 24.4 Å². The first kappa shape index (κ1) is 23.0. The summed E-state index contributed by atoms with van der Waals surface area (Å²) in [5.74, 6) is 0.789. The van der Waals surface area contributed by atoms with Gasteiger partial charge in [0.05, 0.1) is 21.3 Å². The highest BCUT2D eigenvalue weighted by molar-refractivity contribution is 6.35. The van der Waals surface area contributed by atoms with Crippen molar-refractivity contribution >= 4 is 40.7 Å². The summed E-state index contributed by atoms with van der Waals surface area (Å²) in [5.41, 5.74) is 0.990. The van der Waals surface area contributed by atoms with Gasteiger partial charge in [-0.3, -0.25) is 9.59 Å². The van der Waals surface area contributed by atoms with Crippen molar-refractivity contribution in [3.63, 3.8) is 0 Å². The third kappa shape index (κ3) is 5.35. The van der Waals surface area contributed by atoms with Crippen LogP contribution in [0.15, 0.2) is 30.3 Å². The van der Waals surface area contributed by atoms with E-state index in [-0.39, 0.29) is 17.7 Å². The number of benzene rings is 2. The molecule has 2 aromatic carbocycles. The average molecular weight is 467 g/mol. The molecular formula is C22H24Cl2N2O5. The molecule has 1 fully saturated rings. The first-order valence-electron chi connectivity index (χ1n) is 9.72. The molecule has 2 amide bonds. The minimum Gasteiger partial charge on any atom is -0.493 e. The number of nitrogens with one attached hydrogen (secondary N) is 1. The monoisotopic (exact) mass is 466 g/mol. The number of halogens is 2. The first-order valence-corrected chi connectivity index (χ1v) is 10.5. The van der Waals surface area contributed by atoms with Crippen molar-refractivity contribution in [3.05, 3.63) is 45.9 Å². The normalized spacial score (nSPS) is 14.2. The third-order valence-electron chi connectivity index (χ3n) is 5.19. The topological polar surface area (TPSA) is 77.1 Å². The Hall–Kier alpha value is -2.64. The highest BCUT2D eigenvalue weighted by Crippen LogP contribution is 2.38. The number of hydrogen-bond donors (Lipinski definition) is 1. The molecule has 0 atom stereocenters. The third-order valence-corrected chi connectivity index (χ3v) is 5.63. The highest BCUT2D eigenvalue weighted by Gasteiger charge is 2.29. The fraction of sp³-hybridized carbons (Fsp3) is 0.364. The van der Waals surface area contributed by atoms with Gasteiger partial charge in [-0.25, -0.2) is 0 Å². The van der Waals surface area contributed by atoms with Crippen LogP contribution in [0.4, 0.5) is 5.69 Å². The van der Waals surface area contributed by atoms with Crippen LogP contribution in [0.3, 0.4) is 0 Å². The molecule has 9 heteroatoms. The molecule has 2 aromatic rings. The summed E-state index contributed by atoms with van der Waals surface area (Å²) in [5, 5.41) is 3.76. The summed E-state index contributed by atoms with van der Waals surface area (Å²) in [4.78, 5) is 27.4. The van der Waals surface area contributed by atoms with Gasteiger partial charge in [0.25, 0.3) is 5.91 Å². The average Bonchev–Trinajstić information content (AvgIpc) is 2.76. The number of hydrogen-bond acceptors (Lipinski definition) is 5. The quantitative estimate of drug-likeness (QED) is 0.677. The van der Waals surface area contributed by atoms with Crippen LogP contribution in [0.25, 0.3) is 0 Å². The number of rotatable bonds is 6. The molecule has 166 valence electrons. The Kier molecular flexibility index (Phi) is 7.51. The predicted molar refractivity (Wildman–Crippen MR) is 120 cm³/mol. The van der Waals surface area contributed by atoms with Gasteiger partial charge in [-0.1, -0.05) is 23.2 Å². The summed E-state index contributed by atoms with van der Waals surface area (Å²) in [6.07, 6.45) is 1.10. The highest BCUT2D eigenvalue weighted by atomic mass is 35.5. The second-order valence-electron chi connectivity index (χ2n) is 7.13. The molecule has 1 heterocycles. The Morgan fingerprint density at radius 3 is 1.94 bits per heavy atom. The van der Waals surface area contributed by atoms with E-state index in [0.717, 1.165) is 0 Å². The smallest absolute Gasteiger partial charge is 0.254 e. The number of anilines is 1. The molecular weight excluding hydrogens is 443 g/mol. The zero-order valence-electron chi connectivity index (χ0n) is 17.5. The van der Waals surface area contributed by atoms with Crippen LogP contribution < -0.4 is 19.5 Å². The van der Waals surface area contributed by atoms with Crippen molar-refractivity contribution in [2.45, 2.75) is 12.8 Å². The molecule has 1 aliphatic rings. The number of nitrogens with zero attached hydrogens (tertiary/aromatic N) is 1. The lowest BCUT2D eigenvalue weighted by Crippen LogP contribution is -2.41. The minimum absolute atomic E-state index is 0.113. The molecule has 0 spiro atoms. The van der Waals surface area contributed by atoms with Gasteiger partial charge in [0.2, 0.25) is 11.7 Å². The van der Waals surface area contributed by atoms with E-state index in [9.17, 15) is 9.59 Å². The van der Waals surface area contributed by atoms with Gasteiger partial charge in [0.1, 0.15) is 0 Å². The Labute approximate surface area is 191 Å². The van der Waals surface area contributed by atoms with Gasteiger partial charge >= 0.3 is 0 Å². The Bertz CT molecular complexity index is 929. The summed E-state index contributed by atoms with van der Waals surface area (Å²) in [6, 6.07) is 8.16. The lowest BCUT2D eigenvalue weighted by atomic mass is 9.95. The Balaban J connectivity index is 1.65. The second-order valence-corrected chi connectivity index (χ2v) is 8.00. The molecule has 0 aromatic heterocycles. The van der Waals surface area contributed by atoms with Gasteiger partial charge in [-0.15, -0.1) is 0 Å². The zero-order valence-corrected chi connectivity index (χ0v) is 19.0. The largest absolute Gasteiger partial charge is 0.493 e. The molecule has 0 unspecified atom stereocenters. The summed E-state index contributed by atoms with van der Waals surface area (Å²) < 4.78 is 16.0. The van der Waals surface area contributed by atoms with Crippen molar-refractivity contribution in [1.82, 2.24) is 4.90 Å².